The smallest absolute Gasteiger partial charge is 0.326 e. The zero-order valence-corrected chi connectivity index (χ0v) is 35.3. The SMILES string of the molecule is COc1ccccc1-c1nccc(COc2ccccc2C[C@@H](Nc2ncnn3cc(-c4ccc(F)cc4)c(-c4ccc(OCCN5CCN(C)CC5)c(Cl)c4C)c23)C(=O)O)n1. The Labute approximate surface area is 363 Å². The summed E-state index contributed by atoms with van der Waals surface area (Å²) in [5.74, 6) is 1.02. The van der Waals surface area contributed by atoms with E-state index >= 15 is 0 Å². The van der Waals surface area contributed by atoms with Gasteiger partial charge in [-0.15, -0.1) is 0 Å². The number of piperazine rings is 1. The van der Waals surface area contributed by atoms with E-state index in [0.29, 0.717) is 57.0 Å². The van der Waals surface area contributed by atoms with Crippen molar-refractivity contribution in [2.75, 3.05) is 58.8 Å². The predicted octanol–water partition coefficient (Wildman–Crippen LogP) is 7.94. The molecule has 4 aromatic carbocycles. The number of para-hydroxylation sites is 2. The van der Waals surface area contributed by atoms with Gasteiger partial charge in [0, 0.05) is 62.7 Å². The molecule has 1 aliphatic rings. The summed E-state index contributed by atoms with van der Waals surface area (Å²) in [4.78, 5) is 31.5. The molecule has 13 nitrogen and oxygen atoms in total. The summed E-state index contributed by atoms with van der Waals surface area (Å²) in [6.07, 6.45) is 4.90. The average molecular weight is 857 g/mol. The van der Waals surface area contributed by atoms with Crippen LogP contribution in [0.5, 0.6) is 17.2 Å². The van der Waals surface area contributed by atoms with Crippen LogP contribution in [-0.2, 0) is 17.8 Å². The third-order valence-electron chi connectivity index (χ3n) is 11.1. The van der Waals surface area contributed by atoms with Gasteiger partial charge in [-0.3, -0.25) is 4.90 Å². The third kappa shape index (κ3) is 9.32. The maximum Gasteiger partial charge on any atom is 0.326 e. The molecule has 1 saturated heterocycles. The minimum atomic E-state index is -1.15. The Hall–Kier alpha value is -6.61. The van der Waals surface area contributed by atoms with Gasteiger partial charge in [0.25, 0.3) is 0 Å². The maximum absolute atomic E-state index is 14.2. The number of carboxylic acid groups (broad SMARTS) is 1. The van der Waals surface area contributed by atoms with Crippen molar-refractivity contribution in [3.8, 4) is 50.9 Å². The highest BCUT2D eigenvalue weighted by Crippen LogP contribution is 2.44. The van der Waals surface area contributed by atoms with Crippen molar-refractivity contribution in [1.82, 2.24) is 34.4 Å². The standard InChI is InChI=1S/C47H46ClFN8O5/c1-30-35(16-17-41(43(30)48)61-25-24-56-22-20-55(2)21-23-56)42-37(31-12-14-33(49)15-13-31)27-57-44(42)46(51-29-52-57)54-38(47(58)59)26-32-8-4-6-10-39(32)62-28-34-18-19-50-45(53-34)36-9-5-7-11-40(36)60-3/h4-19,27,29,38H,20-26,28H2,1-3H3,(H,58,59)(H,51,52,54)/t38-/m1/s1. The van der Waals surface area contributed by atoms with E-state index < -0.39 is 12.0 Å². The number of halogens is 2. The maximum atomic E-state index is 14.2. The lowest BCUT2D eigenvalue weighted by Gasteiger charge is -2.32. The van der Waals surface area contributed by atoms with Gasteiger partial charge in [0.2, 0.25) is 0 Å². The van der Waals surface area contributed by atoms with E-state index in [-0.39, 0.29) is 24.7 Å². The second kappa shape index (κ2) is 19.0. The van der Waals surface area contributed by atoms with E-state index in [9.17, 15) is 14.3 Å². The van der Waals surface area contributed by atoms with Crippen molar-refractivity contribution in [3.05, 3.63) is 137 Å². The number of nitrogens with one attached hydrogen (secondary N) is 1. The molecule has 1 atom stereocenters. The van der Waals surface area contributed by atoms with Crippen molar-refractivity contribution in [1.29, 1.82) is 0 Å². The first-order valence-electron chi connectivity index (χ1n) is 20.3. The van der Waals surface area contributed by atoms with E-state index in [4.69, 9.17) is 30.8 Å². The van der Waals surface area contributed by atoms with Gasteiger partial charge in [-0.1, -0.05) is 60.1 Å². The molecule has 0 aliphatic carbocycles. The van der Waals surface area contributed by atoms with Crippen LogP contribution < -0.4 is 19.5 Å². The molecule has 0 radical (unpaired) electrons. The molecule has 0 bridgehead atoms. The average Bonchev–Trinajstić information content (AvgIpc) is 3.68. The fourth-order valence-electron chi connectivity index (χ4n) is 7.62. The molecule has 0 amide bonds. The number of anilines is 1. The lowest BCUT2D eigenvalue weighted by atomic mass is 9.94. The molecule has 62 heavy (non-hydrogen) atoms. The number of ether oxygens (including phenoxy) is 3. The monoisotopic (exact) mass is 856 g/mol. The molecule has 2 N–H and O–H groups in total. The highest BCUT2D eigenvalue weighted by atomic mass is 35.5. The van der Waals surface area contributed by atoms with E-state index in [1.54, 1.807) is 42.1 Å². The molecule has 0 saturated carbocycles. The number of likely N-dealkylation sites (N-methyl/N-ethyl adjacent to an activating group) is 1. The summed E-state index contributed by atoms with van der Waals surface area (Å²) in [5.41, 5.74) is 6.18. The number of fused-ring (bicyclic) bond motifs is 1. The van der Waals surface area contributed by atoms with E-state index in [2.05, 4.69) is 37.2 Å². The first-order chi connectivity index (χ1) is 30.2. The number of carboxylic acids is 1. The molecule has 318 valence electrons. The van der Waals surface area contributed by atoms with Crippen LogP contribution in [0.4, 0.5) is 10.2 Å². The second-order valence-electron chi connectivity index (χ2n) is 15.1. The Morgan fingerprint density at radius 1 is 0.887 bits per heavy atom. The summed E-state index contributed by atoms with van der Waals surface area (Å²) in [6, 6.07) is 25.4. The van der Waals surface area contributed by atoms with Crippen LogP contribution in [-0.4, -0.2) is 105 Å². The number of methoxy groups -OCH3 is 1. The van der Waals surface area contributed by atoms with E-state index in [1.165, 1.54) is 18.5 Å². The Morgan fingerprint density at radius 3 is 2.42 bits per heavy atom. The number of aliphatic carboxylic acids is 1. The van der Waals surface area contributed by atoms with E-state index in [0.717, 1.165) is 60.5 Å². The molecule has 3 aromatic heterocycles. The number of aromatic nitrogens is 5. The molecular weight excluding hydrogens is 811 g/mol. The van der Waals surface area contributed by atoms with Gasteiger partial charge in [0.1, 0.15) is 54.2 Å². The fourth-order valence-corrected chi connectivity index (χ4v) is 7.84. The Kier molecular flexibility index (Phi) is 12.9. The zero-order valence-electron chi connectivity index (χ0n) is 34.6. The van der Waals surface area contributed by atoms with Crippen LogP contribution in [0.2, 0.25) is 5.02 Å². The van der Waals surface area contributed by atoms with Crippen LogP contribution in [0.25, 0.3) is 39.2 Å². The highest BCUT2D eigenvalue weighted by Gasteiger charge is 2.27. The molecule has 0 unspecified atom stereocenters. The number of hydrogen-bond donors (Lipinski definition) is 2. The number of benzene rings is 4. The van der Waals surface area contributed by atoms with Gasteiger partial charge in [0.15, 0.2) is 11.6 Å². The minimum Gasteiger partial charge on any atom is -0.496 e. The molecule has 1 aliphatic heterocycles. The van der Waals surface area contributed by atoms with Crippen LogP contribution in [0.15, 0.2) is 110 Å². The summed E-state index contributed by atoms with van der Waals surface area (Å²) >= 11 is 7.06. The Bertz CT molecular complexity index is 2690. The van der Waals surface area contributed by atoms with Gasteiger partial charge in [0.05, 0.1) is 23.4 Å². The number of rotatable bonds is 16. The second-order valence-corrected chi connectivity index (χ2v) is 15.5. The number of hydrogen-bond acceptors (Lipinski definition) is 11. The quantitative estimate of drug-likeness (QED) is 0.0976. The van der Waals surface area contributed by atoms with Crippen molar-refractivity contribution >= 4 is 28.9 Å². The number of nitrogens with zero attached hydrogens (tertiary/aromatic N) is 7. The summed E-state index contributed by atoms with van der Waals surface area (Å²) in [6.45, 7) is 7.30. The van der Waals surface area contributed by atoms with Gasteiger partial charge >= 0.3 is 5.97 Å². The van der Waals surface area contributed by atoms with Crippen molar-refractivity contribution in [2.24, 2.45) is 0 Å². The summed E-state index contributed by atoms with van der Waals surface area (Å²) in [5, 5.41) is 18.9. The van der Waals surface area contributed by atoms with Gasteiger partial charge in [-0.05, 0) is 78.7 Å². The molecule has 0 spiro atoms. The topological polar surface area (TPSA) is 139 Å². The van der Waals surface area contributed by atoms with Crippen LogP contribution >= 0.6 is 11.6 Å². The molecular formula is C47H46ClFN8O5. The van der Waals surface area contributed by atoms with Gasteiger partial charge in [-0.2, -0.15) is 5.10 Å². The third-order valence-corrected chi connectivity index (χ3v) is 11.5. The first-order valence-corrected chi connectivity index (χ1v) is 20.7. The van der Waals surface area contributed by atoms with E-state index in [1.807, 2.05) is 67.7 Å². The predicted molar refractivity (Wildman–Crippen MR) is 237 cm³/mol. The van der Waals surface area contributed by atoms with Crippen molar-refractivity contribution in [2.45, 2.75) is 26.0 Å². The molecule has 8 rings (SSSR count). The minimum absolute atomic E-state index is 0.0454. The van der Waals surface area contributed by atoms with Crippen LogP contribution in [0.3, 0.4) is 0 Å². The van der Waals surface area contributed by atoms with Crippen LogP contribution in [0.1, 0.15) is 16.8 Å². The molecule has 4 heterocycles. The molecule has 15 heteroatoms. The summed E-state index contributed by atoms with van der Waals surface area (Å²) < 4.78 is 33.9. The lowest BCUT2D eigenvalue weighted by molar-refractivity contribution is -0.137. The molecule has 1 fully saturated rings. The van der Waals surface area contributed by atoms with Gasteiger partial charge in [-0.25, -0.2) is 28.7 Å². The zero-order chi connectivity index (χ0) is 43.2. The normalized spacial score (nSPS) is 13.8. The van der Waals surface area contributed by atoms with Crippen molar-refractivity contribution < 1.29 is 28.5 Å². The summed E-state index contributed by atoms with van der Waals surface area (Å²) in [7, 11) is 3.73. The first kappa shape index (κ1) is 42.1. The van der Waals surface area contributed by atoms with Crippen molar-refractivity contribution in [3.63, 3.8) is 0 Å². The highest BCUT2D eigenvalue weighted by molar-refractivity contribution is 6.33. The largest absolute Gasteiger partial charge is 0.496 e. The van der Waals surface area contributed by atoms with Gasteiger partial charge < -0.3 is 29.5 Å². The van der Waals surface area contributed by atoms with Crippen LogP contribution in [0, 0.1) is 12.7 Å². The fraction of sp³-hybridized carbons (Fsp3) is 0.255. The lowest BCUT2D eigenvalue weighted by Crippen LogP contribution is -2.45. The molecule has 7 aromatic rings. The Balaban J connectivity index is 1.08. The number of carbonyl (C=O) groups is 1. The Morgan fingerprint density at radius 2 is 1.65 bits per heavy atom.